The van der Waals surface area contributed by atoms with E-state index in [9.17, 15) is 5.11 Å². The van der Waals surface area contributed by atoms with Crippen LogP contribution in [0.25, 0.3) is 10.9 Å². The van der Waals surface area contributed by atoms with Crippen LogP contribution in [0.4, 0.5) is 0 Å². The van der Waals surface area contributed by atoms with Crippen LogP contribution < -0.4 is 4.74 Å². The molecule has 0 aliphatic rings. The second-order valence-electron chi connectivity index (χ2n) is 5.56. The third-order valence-electron chi connectivity index (χ3n) is 3.64. The van der Waals surface area contributed by atoms with Gasteiger partial charge in [-0.25, -0.2) is 0 Å². The first-order chi connectivity index (χ1) is 10.6. The lowest BCUT2D eigenvalue weighted by Gasteiger charge is -2.16. The van der Waals surface area contributed by atoms with E-state index in [4.69, 9.17) is 16.3 Å². The number of aromatic hydroxyl groups is 1. The van der Waals surface area contributed by atoms with Crippen molar-refractivity contribution < 1.29 is 9.84 Å². The second-order valence-corrected chi connectivity index (χ2v) is 5.99. The summed E-state index contributed by atoms with van der Waals surface area (Å²) in [5, 5.41) is 11.9. The summed E-state index contributed by atoms with van der Waals surface area (Å²) in [6, 6.07) is 15.2. The van der Waals surface area contributed by atoms with Crippen molar-refractivity contribution in [3.05, 3.63) is 59.2 Å². The van der Waals surface area contributed by atoms with Crippen LogP contribution in [0.1, 0.15) is 25.6 Å². The number of hydrogen-bond acceptors (Lipinski definition) is 2. The van der Waals surface area contributed by atoms with Crippen LogP contribution >= 0.6 is 11.6 Å². The molecule has 0 aliphatic carbocycles. The molecule has 3 aromatic rings. The lowest BCUT2D eigenvalue weighted by Crippen LogP contribution is -2.08. The molecule has 0 saturated heterocycles. The van der Waals surface area contributed by atoms with Crippen LogP contribution in [0.5, 0.6) is 11.5 Å². The Morgan fingerprint density at radius 1 is 1.14 bits per heavy atom. The molecule has 22 heavy (non-hydrogen) atoms. The Hall–Kier alpha value is -2.13. The predicted molar refractivity (Wildman–Crippen MR) is 89.8 cm³/mol. The number of phenols is 1. The summed E-state index contributed by atoms with van der Waals surface area (Å²) in [5.41, 5.74) is 1.88. The molecule has 0 fully saturated rings. The smallest absolute Gasteiger partial charge is 0.139 e. The SMILES string of the molecule is CC(C)n1c(COc2ccc(Cl)cc2)cc2cccc(O)c21. The molecule has 0 amide bonds. The zero-order chi connectivity index (χ0) is 15.7. The predicted octanol–water partition coefficient (Wildman–Crippen LogP) is 5.16. The van der Waals surface area contributed by atoms with Crippen molar-refractivity contribution in [3.8, 4) is 11.5 Å². The standard InChI is InChI=1S/C18H18ClNO2/c1-12(2)20-15(10-13-4-3-5-17(21)18(13)20)11-22-16-8-6-14(19)7-9-16/h3-10,12,21H,11H2,1-2H3. The van der Waals surface area contributed by atoms with E-state index in [1.54, 1.807) is 18.2 Å². The lowest BCUT2D eigenvalue weighted by atomic mass is 10.2. The Labute approximate surface area is 134 Å². The van der Waals surface area contributed by atoms with Gasteiger partial charge in [0.2, 0.25) is 0 Å². The minimum atomic E-state index is 0.231. The molecule has 1 heterocycles. The second kappa shape index (κ2) is 5.93. The fourth-order valence-electron chi connectivity index (χ4n) is 2.71. The maximum atomic E-state index is 10.2. The van der Waals surface area contributed by atoms with Crippen LogP contribution in [0.15, 0.2) is 48.5 Å². The van der Waals surface area contributed by atoms with E-state index in [1.165, 1.54) is 0 Å². The summed E-state index contributed by atoms with van der Waals surface area (Å²) in [5.74, 6) is 1.07. The van der Waals surface area contributed by atoms with E-state index >= 15 is 0 Å². The van der Waals surface area contributed by atoms with Crippen LogP contribution in [0.2, 0.25) is 5.02 Å². The van der Waals surface area contributed by atoms with Gasteiger partial charge in [-0.1, -0.05) is 23.7 Å². The number of para-hydroxylation sites is 1. The molecule has 1 N–H and O–H groups in total. The Balaban J connectivity index is 1.94. The van der Waals surface area contributed by atoms with Crippen LogP contribution in [0, 0.1) is 0 Å². The van der Waals surface area contributed by atoms with Gasteiger partial charge >= 0.3 is 0 Å². The summed E-state index contributed by atoms with van der Waals surface area (Å²) in [4.78, 5) is 0. The van der Waals surface area contributed by atoms with Crippen molar-refractivity contribution in [1.29, 1.82) is 0 Å². The van der Waals surface area contributed by atoms with Crippen molar-refractivity contribution in [2.24, 2.45) is 0 Å². The third-order valence-corrected chi connectivity index (χ3v) is 3.89. The molecule has 3 nitrogen and oxygen atoms in total. The zero-order valence-electron chi connectivity index (χ0n) is 12.6. The number of rotatable bonds is 4. The first-order valence-corrected chi connectivity index (χ1v) is 7.64. The molecule has 0 bridgehead atoms. The van der Waals surface area contributed by atoms with Gasteiger partial charge in [0.15, 0.2) is 0 Å². The first-order valence-electron chi connectivity index (χ1n) is 7.26. The molecule has 0 atom stereocenters. The molecular weight excluding hydrogens is 298 g/mol. The minimum Gasteiger partial charge on any atom is -0.506 e. The van der Waals surface area contributed by atoms with E-state index in [1.807, 2.05) is 24.3 Å². The number of benzene rings is 2. The van der Waals surface area contributed by atoms with Gasteiger partial charge in [-0.05, 0) is 50.2 Å². The molecule has 0 saturated carbocycles. The summed E-state index contributed by atoms with van der Waals surface area (Å²) < 4.78 is 7.96. The number of hydrogen-bond donors (Lipinski definition) is 1. The molecule has 1 aromatic heterocycles. The van der Waals surface area contributed by atoms with Gasteiger partial charge in [-0.2, -0.15) is 0 Å². The number of halogens is 1. The molecule has 0 spiro atoms. The first kappa shape index (κ1) is 14.8. The van der Waals surface area contributed by atoms with E-state index in [0.29, 0.717) is 17.4 Å². The molecular formula is C18H18ClNO2. The summed E-state index contributed by atoms with van der Waals surface area (Å²) in [7, 11) is 0. The Kier molecular flexibility index (Phi) is 3.99. The van der Waals surface area contributed by atoms with E-state index in [-0.39, 0.29) is 6.04 Å². The van der Waals surface area contributed by atoms with Crippen molar-refractivity contribution in [3.63, 3.8) is 0 Å². The number of nitrogens with zero attached hydrogens (tertiary/aromatic N) is 1. The van der Waals surface area contributed by atoms with Crippen LogP contribution in [-0.2, 0) is 6.61 Å². The number of fused-ring (bicyclic) bond motifs is 1. The highest BCUT2D eigenvalue weighted by Gasteiger charge is 2.14. The van der Waals surface area contributed by atoms with Crippen molar-refractivity contribution >= 4 is 22.5 Å². The number of aromatic nitrogens is 1. The Bertz CT molecular complexity index is 791. The molecule has 2 aromatic carbocycles. The molecule has 0 radical (unpaired) electrons. The highest BCUT2D eigenvalue weighted by atomic mass is 35.5. The topological polar surface area (TPSA) is 34.4 Å². The molecule has 114 valence electrons. The van der Waals surface area contributed by atoms with E-state index in [2.05, 4.69) is 24.5 Å². The lowest BCUT2D eigenvalue weighted by molar-refractivity contribution is 0.293. The third kappa shape index (κ3) is 2.77. The number of ether oxygens (including phenoxy) is 1. The quantitative estimate of drug-likeness (QED) is 0.721. The van der Waals surface area contributed by atoms with Crippen molar-refractivity contribution in [2.45, 2.75) is 26.5 Å². The van der Waals surface area contributed by atoms with Crippen LogP contribution in [0.3, 0.4) is 0 Å². The molecule has 0 aliphatic heterocycles. The summed E-state index contributed by atoms with van der Waals surface area (Å²) in [6.45, 7) is 4.63. The van der Waals surface area contributed by atoms with Gasteiger partial charge in [0.05, 0.1) is 11.2 Å². The fourth-order valence-corrected chi connectivity index (χ4v) is 2.84. The largest absolute Gasteiger partial charge is 0.506 e. The average molecular weight is 316 g/mol. The van der Waals surface area contributed by atoms with E-state index in [0.717, 1.165) is 22.3 Å². The van der Waals surface area contributed by atoms with Crippen LogP contribution in [-0.4, -0.2) is 9.67 Å². The maximum absolute atomic E-state index is 10.2. The Morgan fingerprint density at radius 2 is 1.86 bits per heavy atom. The van der Waals surface area contributed by atoms with Gasteiger partial charge in [0, 0.05) is 16.5 Å². The minimum absolute atomic E-state index is 0.231. The molecule has 4 heteroatoms. The van der Waals surface area contributed by atoms with Gasteiger partial charge < -0.3 is 14.4 Å². The molecule has 3 rings (SSSR count). The van der Waals surface area contributed by atoms with Gasteiger partial charge in [0.25, 0.3) is 0 Å². The summed E-state index contributed by atoms with van der Waals surface area (Å²) in [6.07, 6.45) is 0. The van der Waals surface area contributed by atoms with Gasteiger partial charge in [0.1, 0.15) is 18.1 Å². The average Bonchev–Trinajstić information content (AvgIpc) is 2.87. The fraction of sp³-hybridized carbons (Fsp3) is 0.222. The maximum Gasteiger partial charge on any atom is 0.139 e. The van der Waals surface area contributed by atoms with Gasteiger partial charge in [-0.15, -0.1) is 0 Å². The monoisotopic (exact) mass is 315 g/mol. The Morgan fingerprint density at radius 3 is 2.55 bits per heavy atom. The van der Waals surface area contributed by atoms with Gasteiger partial charge in [-0.3, -0.25) is 0 Å². The molecule has 0 unspecified atom stereocenters. The highest BCUT2D eigenvalue weighted by molar-refractivity contribution is 6.30. The van der Waals surface area contributed by atoms with Crippen molar-refractivity contribution in [1.82, 2.24) is 4.57 Å². The number of phenolic OH excluding ortho intramolecular Hbond substituents is 1. The van der Waals surface area contributed by atoms with Crippen molar-refractivity contribution in [2.75, 3.05) is 0 Å². The normalized spacial score (nSPS) is 11.3. The summed E-state index contributed by atoms with van der Waals surface area (Å²) >= 11 is 5.88. The highest BCUT2D eigenvalue weighted by Crippen LogP contribution is 2.31. The zero-order valence-corrected chi connectivity index (χ0v) is 13.3. The van der Waals surface area contributed by atoms with E-state index < -0.39 is 0 Å².